The van der Waals surface area contributed by atoms with Gasteiger partial charge in [0.1, 0.15) is 0 Å². The van der Waals surface area contributed by atoms with E-state index in [1.807, 2.05) is 49.4 Å². The van der Waals surface area contributed by atoms with Gasteiger partial charge in [-0.15, -0.1) is 0 Å². The van der Waals surface area contributed by atoms with E-state index in [1.54, 1.807) is 12.1 Å². The minimum Gasteiger partial charge on any atom is -0.423 e. The summed E-state index contributed by atoms with van der Waals surface area (Å²) in [5, 5.41) is 18.0. The molecule has 2 rings (SSSR count). The minimum absolute atomic E-state index is 0. The van der Waals surface area contributed by atoms with Crippen molar-refractivity contribution in [2.45, 2.75) is 19.6 Å². The van der Waals surface area contributed by atoms with Crippen LogP contribution in [0.15, 0.2) is 54.6 Å². The largest absolute Gasteiger partial charge is 0.488 e. The Kier molecular flexibility index (Phi) is 4.74. The molecule has 1 atom stereocenters. The van der Waals surface area contributed by atoms with Crippen LogP contribution in [-0.4, -0.2) is 17.2 Å². The van der Waals surface area contributed by atoms with Gasteiger partial charge in [-0.1, -0.05) is 54.6 Å². The van der Waals surface area contributed by atoms with Crippen molar-refractivity contribution >= 4 is 12.6 Å². The second-order valence-electron chi connectivity index (χ2n) is 4.48. The Morgan fingerprint density at radius 1 is 1.05 bits per heavy atom. The zero-order valence-electron chi connectivity index (χ0n) is 10.9. The van der Waals surface area contributed by atoms with Crippen LogP contribution in [0.2, 0.25) is 0 Å². The summed E-state index contributed by atoms with van der Waals surface area (Å²) in [5.74, 6) is 0. The fourth-order valence-electron chi connectivity index (χ4n) is 1.83. The van der Waals surface area contributed by atoms with E-state index in [2.05, 4.69) is 0 Å². The molecule has 0 spiro atoms. The fraction of sp³-hybridized carbons (Fsp3) is 0.200. The average molecular weight is 260 g/mol. The highest BCUT2D eigenvalue weighted by atomic mass is 16.5. The first-order valence-electron chi connectivity index (χ1n) is 6.28. The van der Waals surface area contributed by atoms with E-state index in [1.165, 1.54) is 0 Å². The summed E-state index contributed by atoms with van der Waals surface area (Å²) in [6.45, 7) is 2.51. The molecule has 0 saturated carbocycles. The molecular weight excluding hydrogens is 239 g/mol. The number of benzene rings is 2. The van der Waals surface area contributed by atoms with E-state index < -0.39 is 7.12 Å². The lowest BCUT2D eigenvalue weighted by molar-refractivity contribution is 0.0526. The van der Waals surface area contributed by atoms with Gasteiger partial charge in [-0.05, 0) is 23.5 Å². The van der Waals surface area contributed by atoms with Crippen molar-refractivity contribution in [1.82, 2.24) is 0 Å². The SMILES string of the molecule is CC(OCc1ccc(B(O)O)cc1)c1ccccc1.[HH].[HH]. The van der Waals surface area contributed by atoms with Crippen molar-refractivity contribution in [3.8, 4) is 0 Å². The second-order valence-corrected chi connectivity index (χ2v) is 4.48. The highest BCUT2D eigenvalue weighted by Crippen LogP contribution is 2.17. The maximum Gasteiger partial charge on any atom is 0.488 e. The number of ether oxygens (including phenoxy) is 1. The first kappa shape index (κ1) is 13.8. The van der Waals surface area contributed by atoms with Crippen LogP contribution in [0.3, 0.4) is 0 Å². The topological polar surface area (TPSA) is 49.7 Å². The summed E-state index contributed by atoms with van der Waals surface area (Å²) in [6, 6.07) is 17.1. The molecule has 0 heterocycles. The van der Waals surface area contributed by atoms with Crippen molar-refractivity contribution in [3.63, 3.8) is 0 Å². The van der Waals surface area contributed by atoms with E-state index in [9.17, 15) is 0 Å². The molecule has 4 heteroatoms. The lowest BCUT2D eigenvalue weighted by Gasteiger charge is -2.13. The molecule has 0 aromatic heterocycles. The predicted molar refractivity (Wildman–Crippen MR) is 80.1 cm³/mol. The molecular formula is C15H21BO3. The maximum absolute atomic E-state index is 9.01. The summed E-state index contributed by atoms with van der Waals surface area (Å²) in [4.78, 5) is 0. The Balaban J connectivity index is 0.00000200. The van der Waals surface area contributed by atoms with Crippen LogP contribution in [0.5, 0.6) is 0 Å². The number of hydrogen-bond donors (Lipinski definition) is 2. The number of hydrogen-bond acceptors (Lipinski definition) is 3. The van der Waals surface area contributed by atoms with Crippen LogP contribution in [0, 0.1) is 0 Å². The molecule has 0 radical (unpaired) electrons. The molecule has 2 aromatic rings. The average Bonchev–Trinajstić information content (AvgIpc) is 2.46. The molecule has 2 aromatic carbocycles. The molecule has 2 N–H and O–H groups in total. The Morgan fingerprint density at radius 2 is 1.68 bits per heavy atom. The molecule has 0 amide bonds. The molecule has 1 unspecified atom stereocenters. The lowest BCUT2D eigenvalue weighted by atomic mass is 9.80. The normalized spacial score (nSPS) is 12.2. The van der Waals surface area contributed by atoms with Crippen LogP contribution in [0.4, 0.5) is 0 Å². The zero-order chi connectivity index (χ0) is 13.7. The third-order valence-electron chi connectivity index (χ3n) is 3.05. The van der Waals surface area contributed by atoms with Gasteiger partial charge in [-0.25, -0.2) is 0 Å². The Bertz CT molecular complexity index is 506. The predicted octanol–water partition coefficient (Wildman–Crippen LogP) is 2.14. The molecule has 0 aliphatic heterocycles. The van der Waals surface area contributed by atoms with Crippen LogP contribution in [0.1, 0.15) is 27.0 Å². The molecule has 0 aliphatic rings. The van der Waals surface area contributed by atoms with Crippen LogP contribution in [-0.2, 0) is 11.3 Å². The zero-order valence-corrected chi connectivity index (χ0v) is 10.9. The molecule has 0 fully saturated rings. The lowest BCUT2D eigenvalue weighted by Crippen LogP contribution is -2.29. The van der Waals surface area contributed by atoms with Crippen LogP contribution in [0.25, 0.3) is 0 Å². The van der Waals surface area contributed by atoms with Gasteiger partial charge >= 0.3 is 7.12 Å². The van der Waals surface area contributed by atoms with E-state index >= 15 is 0 Å². The van der Waals surface area contributed by atoms with Gasteiger partial charge in [0.2, 0.25) is 0 Å². The van der Waals surface area contributed by atoms with Gasteiger partial charge in [-0.2, -0.15) is 0 Å². The first-order chi connectivity index (χ1) is 9.16. The van der Waals surface area contributed by atoms with Gasteiger partial charge in [-0.3, -0.25) is 0 Å². The van der Waals surface area contributed by atoms with Gasteiger partial charge < -0.3 is 14.8 Å². The molecule has 0 bridgehead atoms. The summed E-state index contributed by atoms with van der Waals surface area (Å²) in [5.41, 5.74) is 2.64. The summed E-state index contributed by atoms with van der Waals surface area (Å²) in [7, 11) is -1.42. The van der Waals surface area contributed by atoms with E-state index in [0.717, 1.165) is 11.1 Å². The van der Waals surface area contributed by atoms with E-state index in [-0.39, 0.29) is 8.96 Å². The fourth-order valence-corrected chi connectivity index (χ4v) is 1.83. The Labute approximate surface area is 116 Å². The summed E-state index contributed by atoms with van der Waals surface area (Å²) in [6.07, 6.45) is 0.0318. The second kappa shape index (κ2) is 6.52. The highest BCUT2D eigenvalue weighted by Gasteiger charge is 2.10. The van der Waals surface area contributed by atoms with E-state index in [4.69, 9.17) is 14.8 Å². The quantitative estimate of drug-likeness (QED) is 0.810. The maximum atomic E-state index is 9.01. The smallest absolute Gasteiger partial charge is 0.423 e. The van der Waals surface area contributed by atoms with Crippen LogP contribution >= 0.6 is 0 Å². The summed E-state index contributed by atoms with van der Waals surface area (Å²) < 4.78 is 5.79. The third kappa shape index (κ3) is 3.93. The van der Waals surface area contributed by atoms with Crippen LogP contribution < -0.4 is 5.46 Å². The molecule has 19 heavy (non-hydrogen) atoms. The Hall–Kier alpha value is -1.62. The highest BCUT2D eigenvalue weighted by molar-refractivity contribution is 6.58. The van der Waals surface area contributed by atoms with Crippen molar-refractivity contribution in [2.24, 2.45) is 0 Å². The standard InChI is InChI=1S/C15H17BO3.2H2/c1-12(14-5-3-2-4-6-14)19-11-13-7-9-15(10-8-13)16(17)18;;/h2-10,12,17-18H,11H2,1H3;2*1H. The van der Waals surface area contributed by atoms with Gasteiger partial charge in [0, 0.05) is 2.85 Å². The third-order valence-corrected chi connectivity index (χ3v) is 3.05. The molecule has 0 saturated heterocycles. The summed E-state index contributed by atoms with van der Waals surface area (Å²) >= 11 is 0. The molecule has 3 nitrogen and oxygen atoms in total. The van der Waals surface area contributed by atoms with Gasteiger partial charge in [0.15, 0.2) is 0 Å². The van der Waals surface area contributed by atoms with Crippen molar-refractivity contribution in [1.29, 1.82) is 0 Å². The van der Waals surface area contributed by atoms with Gasteiger partial charge in [0.25, 0.3) is 0 Å². The number of rotatable bonds is 5. The van der Waals surface area contributed by atoms with E-state index in [0.29, 0.717) is 12.1 Å². The van der Waals surface area contributed by atoms with Crippen molar-refractivity contribution in [2.75, 3.05) is 0 Å². The first-order valence-corrected chi connectivity index (χ1v) is 6.28. The van der Waals surface area contributed by atoms with Crippen molar-refractivity contribution in [3.05, 3.63) is 65.7 Å². The Morgan fingerprint density at radius 3 is 2.26 bits per heavy atom. The minimum atomic E-state index is -1.42. The van der Waals surface area contributed by atoms with Crippen molar-refractivity contribution < 1.29 is 17.6 Å². The van der Waals surface area contributed by atoms with Gasteiger partial charge in [0.05, 0.1) is 12.7 Å². The molecule has 102 valence electrons. The molecule has 0 aliphatic carbocycles. The monoisotopic (exact) mass is 260 g/mol.